The number of primary amides is 1. The molecule has 2 unspecified atom stereocenters. The molecule has 0 aromatic carbocycles. The predicted octanol–water partition coefficient (Wildman–Crippen LogP) is 1.24. The largest absolute Gasteiger partial charge is 0.368 e. The lowest BCUT2D eigenvalue weighted by molar-refractivity contribution is -0.136. The molecule has 0 aromatic rings. The van der Waals surface area contributed by atoms with Gasteiger partial charge >= 0.3 is 0 Å². The van der Waals surface area contributed by atoms with Crippen molar-refractivity contribution in [1.82, 2.24) is 4.90 Å². The molecule has 0 aromatic heterocycles. The fraction of sp³-hybridized carbons (Fsp3) is 0.833. The van der Waals surface area contributed by atoms with E-state index in [1.54, 1.807) is 16.7 Å². The number of amides is 2. The van der Waals surface area contributed by atoms with Crippen molar-refractivity contribution in [3.8, 4) is 0 Å². The number of thioether (sulfide) groups is 1. The van der Waals surface area contributed by atoms with Crippen molar-refractivity contribution in [3.05, 3.63) is 0 Å². The molecule has 1 saturated heterocycles. The first-order valence-electron chi connectivity index (χ1n) is 6.17. The summed E-state index contributed by atoms with van der Waals surface area (Å²) in [5.74, 6) is 0.983. The van der Waals surface area contributed by atoms with Crippen LogP contribution in [-0.4, -0.2) is 41.3 Å². The van der Waals surface area contributed by atoms with E-state index in [-0.39, 0.29) is 11.8 Å². The normalized spacial score (nSPS) is 21.9. The van der Waals surface area contributed by atoms with Crippen molar-refractivity contribution in [2.24, 2.45) is 11.7 Å². The molecule has 2 N–H and O–H groups in total. The third-order valence-electron chi connectivity index (χ3n) is 3.24. The van der Waals surface area contributed by atoms with Crippen LogP contribution in [0.1, 0.15) is 32.6 Å². The molecule has 1 fully saturated rings. The molecule has 5 heteroatoms. The SMILES string of the molecule is CCCC1CC(=O)N(C(CCSC)C(N)=O)C1. The summed E-state index contributed by atoms with van der Waals surface area (Å²) >= 11 is 1.67. The molecule has 1 heterocycles. The van der Waals surface area contributed by atoms with E-state index in [0.717, 1.165) is 18.6 Å². The fourth-order valence-electron chi connectivity index (χ4n) is 2.39. The van der Waals surface area contributed by atoms with Crippen molar-refractivity contribution >= 4 is 23.6 Å². The van der Waals surface area contributed by atoms with Crippen LogP contribution in [0.15, 0.2) is 0 Å². The van der Waals surface area contributed by atoms with E-state index in [9.17, 15) is 9.59 Å². The molecular formula is C12H22N2O2S. The Labute approximate surface area is 107 Å². The minimum absolute atomic E-state index is 0.0911. The first-order chi connectivity index (χ1) is 8.10. The van der Waals surface area contributed by atoms with Crippen LogP contribution in [0.4, 0.5) is 0 Å². The Morgan fingerprint density at radius 2 is 2.35 bits per heavy atom. The van der Waals surface area contributed by atoms with Crippen LogP contribution in [0.5, 0.6) is 0 Å². The molecule has 1 aliphatic heterocycles. The Bertz CT molecular complexity index is 284. The van der Waals surface area contributed by atoms with E-state index in [1.165, 1.54) is 0 Å². The van der Waals surface area contributed by atoms with Crippen molar-refractivity contribution in [2.75, 3.05) is 18.6 Å². The van der Waals surface area contributed by atoms with Crippen LogP contribution in [-0.2, 0) is 9.59 Å². The van der Waals surface area contributed by atoms with E-state index in [1.807, 2.05) is 6.26 Å². The lowest BCUT2D eigenvalue weighted by atomic mass is 10.0. The fourth-order valence-corrected chi connectivity index (χ4v) is 2.85. The lowest BCUT2D eigenvalue weighted by Crippen LogP contribution is -2.46. The van der Waals surface area contributed by atoms with E-state index in [4.69, 9.17) is 5.73 Å². The van der Waals surface area contributed by atoms with Gasteiger partial charge in [-0.15, -0.1) is 0 Å². The number of hydrogen-bond donors (Lipinski definition) is 1. The second-order valence-corrected chi connectivity index (χ2v) is 5.59. The molecule has 0 saturated carbocycles. The molecule has 1 rings (SSSR count). The zero-order valence-corrected chi connectivity index (χ0v) is 11.5. The minimum atomic E-state index is -0.406. The maximum absolute atomic E-state index is 11.9. The average molecular weight is 258 g/mol. The maximum atomic E-state index is 11.9. The van der Waals surface area contributed by atoms with Crippen LogP contribution in [0, 0.1) is 5.92 Å². The van der Waals surface area contributed by atoms with Crippen LogP contribution in [0.25, 0.3) is 0 Å². The topological polar surface area (TPSA) is 63.4 Å². The molecule has 0 aliphatic carbocycles. The highest BCUT2D eigenvalue weighted by Gasteiger charge is 2.35. The van der Waals surface area contributed by atoms with Gasteiger partial charge in [-0.2, -0.15) is 11.8 Å². The summed E-state index contributed by atoms with van der Waals surface area (Å²) in [7, 11) is 0. The minimum Gasteiger partial charge on any atom is -0.368 e. The van der Waals surface area contributed by atoms with E-state index in [2.05, 4.69) is 6.92 Å². The Morgan fingerprint density at radius 3 is 2.88 bits per heavy atom. The van der Waals surface area contributed by atoms with Crippen LogP contribution < -0.4 is 5.73 Å². The third kappa shape index (κ3) is 3.91. The van der Waals surface area contributed by atoms with Crippen LogP contribution in [0.3, 0.4) is 0 Å². The standard InChI is InChI=1S/C12H22N2O2S/c1-3-4-9-7-11(15)14(8-9)10(12(13)16)5-6-17-2/h9-10H,3-8H2,1-2H3,(H2,13,16). The van der Waals surface area contributed by atoms with Gasteiger partial charge in [0.05, 0.1) is 0 Å². The number of nitrogens with zero attached hydrogens (tertiary/aromatic N) is 1. The molecule has 1 aliphatic rings. The molecule has 2 amide bonds. The van der Waals surface area contributed by atoms with Gasteiger partial charge < -0.3 is 10.6 Å². The van der Waals surface area contributed by atoms with Crippen molar-refractivity contribution in [3.63, 3.8) is 0 Å². The molecule has 0 spiro atoms. The van der Waals surface area contributed by atoms with Crippen molar-refractivity contribution in [1.29, 1.82) is 0 Å². The number of likely N-dealkylation sites (tertiary alicyclic amines) is 1. The Hall–Kier alpha value is -0.710. The Kier molecular flexibility index (Phi) is 5.82. The summed E-state index contributed by atoms with van der Waals surface area (Å²) in [5, 5.41) is 0. The van der Waals surface area contributed by atoms with Gasteiger partial charge in [0.25, 0.3) is 0 Å². The summed E-state index contributed by atoms with van der Waals surface area (Å²) in [4.78, 5) is 25.0. The van der Waals surface area contributed by atoms with Gasteiger partial charge in [0.2, 0.25) is 11.8 Å². The molecule has 98 valence electrons. The summed E-state index contributed by atoms with van der Waals surface area (Å²) in [6.07, 6.45) is 5.37. The van der Waals surface area contributed by atoms with E-state index < -0.39 is 6.04 Å². The first-order valence-corrected chi connectivity index (χ1v) is 7.57. The highest BCUT2D eigenvalue weighted by Crippen LogP contribution is 2.25. The zero-order valence-electron chi connectivity index (χ0n) is 10.6. The summed E-state index contributed by atoms with van der Waals surface area (Å²) in [6, 6.07) is -0.406. The maximum Gasteiger partial charge on any atom is 0.240 e. The number of carbonyl (C=O) groups excluding carboxylic acids is 2. The molecular weight excluding hydrogens is 236 g/mol. The van der Waals surface area contributed by atoms with Gasteiger partial charge in [-0.3, -0.25) is 9.59 Å². The van der Waals surface area contributed by atoms with Crippen molar-refractivity contribution in [2.45, 2.75) is 38.6 Å². The van der Waals surface area contributed by atoms with Gasteiger partial charge in [-0.25, -0.2) is 0 Å². The Balaban J connectivity index is 2.61. The van der Waals surface area contributed by atoms with Gasteiger partial charge in [-0.1, -0.05) is 13.3 Å². The zero-order chi connectivity index (χ0) is 12.8. The van der Waals surface area contributed by atoms with Crippen molar-refractivity contribution < 1.29 is 9.59 Å². The summed E-state index contributed by atoms with van der Waals surface area (Å²) in [6.45, 7) is 2.82. The molecule has 4 nitrogen and oxygen atoms in total. The average Bonchev–Trinajstić information content (AvgIpc) is 2.61. The predicted molar refractivity (Wildman–Crippen MR) is 70.7 cm³/mol. The van der Waals surface area contributed by atoms with E-state index in [0.29, 0.717) is 25.3 Å². The highest BCUT2D eigenvalue weighted by molar-refractivity contribution is 7.98. The number of hydrogen-bond acceptors (Lipinski definition) is 3. The number of rotatable bonds is 7. The second kappa shape index (κ2) is 6.89. The van der Waals surface area contributed by atoms with Gasteiger partial charge in [-0.05, 0) is 30.8 Å². The second-order valence-electron chi connectivity index (χ2n) is 4.60. The van der Waals surface area contributed by atoms with Gasteiger partial charge in [0, 0.05) is 13.0 Å². The first kappa shape index (κ1) is 14.4. The summed E-state index contributed by atoms with van der Waals surface area (Å²) < 4.78 is 0. The Morgan fingerprint density at radius 1 is 1.65 bits per heavy atom. The quantitative estimate of drug-likeness (QED) is 0.747. The van der Waals surface area contributed by atoms with Gasteiger partial charge in [0.1, 0.15) is 6.04 Å². The molecule has 17 heavy (non-hydrogen) atoms. The molecule has 2 atom stereocenters. The molecule has 0 radical (unpaired) electrons. The summed E-state index contributed by atoms with van der Waals surface area (Å²) in [5.41, 5.74) is 5.40. The van der Waals surface area contributed by atoms with Gasteiger partial charge in [0.15, 0.2) is 0 Å². The molecule has 0 bridgehead atoms. The van der Waals surface area contributed by atoms with Crippen LogP contribution >= 0.6 is 11.8 Å². The highest BCUT2D eigenvalue weighted by atomic mass is 32.2. The third-order valence-corrected chi connectivity index (χ3v) is 3.88. The smallest absolute Gasteiger partial charge is 0.240 e. The lowest BCUT2D eigenvalue weighted by Gasteiger charge is -2.25. The monoisotopic (exact) mass is 258 g/mol. The number of carbonyl (C=O) groups is 2. The van der Waals surface area contributed by atoms with E-state index >= 15 is 0 Å². The number of nitrogens with two attached hydrogens (primary N) is 1. The van der Waals surface area contributed by atoms with Crippen LogP contribution in [0.2, 0.25) is 0 Å².